The zero-order valence-electron chi connectivity index (χ0n) is 12.3. The standard InChI is InChI=1S/C16H12FN3OS3/c17-13-6-2-1-4-11(13)10-23-16-20-19-15(24-16)18-14(21)8-7-12-5-3-9-22-12/h1-9H,10H2,(H,18,19,21)/b8-7+. The van der Waals surface area contributed by atoms with Gasteiger partial charge in [-0.25, -0.2) is 4.39 Å². The lowest BCUT2D eigenvalue weighted by Gasteiger charge is -1.99. The van der Waals surface area contributed by atoms with E-state index in [9.17, 15) is 9.18 Å². The number of anilines is 1. The number of thiophene rings is 1. The minimum absolute atomic E-state index is 0.234. The topological polar surface area (TPSA) is 54.9 Å². The average molecular weight is 377 g/mol. The Morgan fingerprint density at radius 3 is 2.92 bits per heavy atom. The van der Waals surface area contributed by atoms with Gasteiger partial charge in [-0.05, 0) is 29.2 Å². The Morgan fingerprint density at radius 1 is 1.25 bits per heavy atom. The Balaban J connectivity index is 1.53. The first-order chi connectivity index (χ1) is 11.7. The Hall–Kier alpha value is -2.03. The second-order valence-electron chi connectivity index (χ2n) is 4.59. The first-order valence-electron chi connectivity index (χ1n) is 6.93. The van der Waals surface area contributed by atoms with Crippen LogP contribution in [0.5, 0.6) is 0 Å². The number of hydrogen-bond donors (Lipinski definition) is 1. The second-order valence-corrected chi connectivity index (χ2v) is 7.77. The summed E-state index contributed by atoms with van der Waals surface area (Å²) in [7, 11) is 0. The molecule has 0 aliphatic carbocycles. The zero-order valence-corrected chi connectivity index (χ0v) is 14.8. The molecule has 3 aromatic rings. The van der Waals surface area contributed by atoms with E-state index in [1.54, 1.807) is 35.6 Å². The number of amides is 1. The molecule has 0 spiro atoms. The van der Waals surface area contributed by atoms with Crippen molar-refractivity contribution in [2.75, 3.05) is 5.32 Å². The van der Waals surface area contributed by atoms with Gasteiger partial charge in [-0.15, -0.1) is 21.5 Å². The summed E-state index contributed by atoms with van der Waals surface area (Å²) in [5.41, 5.74) is 0.613. The number of nitrogens with zero attached hydrogens (tertiary/aromatic N) is 2. The molecule has 1 aromatic carbocycles. The second kappa shape index (κ2) is 8.18. The summed E-state index contributed by atoms with van der Waals surface area (Å²) in [5, 5.41) is 13.0. The fourth-order valence-electron chi connectivity index (χ4n) is 1.76. The number of rotatable bonds is 6. The molecule has 8 heteroatoms. The molecule has 0 radical (unpaired) electrons. The highest BCUT2D eigenvalue weighted by atomic mass is 32.2. The normalized spacial score (nSPS) is 11.0. The van der Waals surface area contributed by atoms with Gasteiger partial charge in [0.25, 0.3) is 0 Å². The van der Waals surface area contributed by atoms with Gasteiger partial charge in [0, 0.05) is 16.7 Å². The van der Waals surface area contributed by atoms with Crippen LogP contribution < -0.4 is 5.32 Å². The molecule has 2 heterocycles. The Kier molecular flexibility index (Phi) is 5.73. The van der Waals surface area contributed by atoms with E-state index in [4.69, 9.17) is 0 Å². The molecule has 0 aliphatic heterocycles. The molecule has 122 valence electrons. The van der Waals surface area contributed by atoms with Gasteiger partial charge < -0.3 is 0 Å². The lowest BCUT2D eigenvalue weighted by atomic mass is 10.2. The molecule has 1 amide bonds. The predicted octanol–water partition coefficient (Wildman–Crippen LogP) is 4.68. The first kappa shape index (κ1) is 16.8. The van der Waals surface area contributed by atoms with Crippen LogP contribution in [0.1, 0.15) is 10.4 Å². The van der Waals surface area contributed by atoms with Crippen molar-refractivity contribution in [3.05, 3.63) is 64.1 Å². The molecule has 4 nitrogen and oxygen atoms in total. The van der Waals surface area contributed by atoms with E-state index in [1.165, 1.54) is 35.2 Å². The number of halogens is 1. The molecule has 0 atom stereocenters. The molecular weight excluding hydrogens is 365 g/mol. The maximum atomic E-state index is 13.6. The monoisotopic (exact) mass is 377 g/mol. The highest BCUT2D eigenvalue weighted by Crippen LogP contribution is 2.29. The van der Waals surface area contributed by atoms with E-state index in [2.05, 4.69) is 15.5 Å². The van der Waals surface area contributed by atoms with Gasteiger partial charge in [0.05, 0.1) is 0 Å². The molecule has 0 saturated heterocycles. The third-order valence-electron chi connectivity index (χ3n) is 2.89. The van der Waals surface area contributed by atoms with Crippen LogP contribution in [0, 0.1) is 5.82 Å². The van der Waals surface area contributed by atoms with Crippen molar-refractivity contribution in [1.29, 1.82) is 0 Å². The van der Waals surface area contributed by atoms with Crippen molar-refractivity contribution < 1.29 is 9.18 Å². The van der Waals surface area contributed by atoms with Crippen LogP contribution in [-0.2, 0) is 10.5 Å². The summed E-state index contributed by atoms with van der Waals surface area (Å²) in [4.78, 5) is 12.8. The highest BCUT2D eigenvalue weighted by molar-refractivity contribution is 8.00. The number of hydrogen-bond acceptors (Lipinski definition) is 6. The van der Waals surface area contributed by atoms with Crippen LogP contribution in [0.15, 0.2) is 52.2 Å². The molecule has 0 fully saturated rings. The molecule has 3 rings (SSSR count). The van der Waals surface area contributed by atoms with Gasteiger partial charge in [0.15, 0.2) is 4.34 Å². The minimum Gasteiger partial charge on any atom is -0.297 e. The van der Waals surface area contributed by atoms with Gasteiger partial charge in [0.1, 0.15) is 5.82 Å². The van der Waals surface area contributed by atoms with Crippen LogP contribution in [-0.4, -0.2) is 16.1 Å². The van der Waals surface area contributed by atoms with Gasteiger partial charge in [0.2, 0.25) is 11.0 Å². The highest BCUT2D eigenvalue weighted by Gasteiger charge is 2.08. The van der Waals surface area contributed by atoms with E-state index < -0.39 is 0 Å². The summed E-state index contributed by atoms with van der Waals surface area (Å²) in [6.45, 7) is 0. The van der Waals surface area contributed by atoms with Crippen LogP contribution in [0.4, 0.5) is 9.52 Å². The lowest BCUT2D eigenvalue weighted by Crippen LogP contribution is -2.07. The molecular formula is C16H12FN3OS3. The van der Waals surface area contributed by atoms with E-state index in [-0.39, 0.29) is 11.7 Å². The number of nitrogens with one attached hydrogen (secondary N) is 1. The van der Waals surface area contributed by atoms with Crippen molar-refractivity contribution in [2.24, 2.45) is 0 Å². The molecule has 0 unspecified atom stereocenters. The van der Waals surface area contributed by atoms with Crippen LogP contribution >= 0.6 is 34.4 Å². The Labute approximate surface area is 150 Å². The summed E-state index contributed by atoms with van der Waals surface area (Å²) in [5.74, 6) is -0.0277. The number of thioether (sulfide) groups is 1. The summed E-state index contributed by atoms with van der Waals surface area (Å²) in [6, 6.07) is 10.5. The maximum Gasteiger partial charge on any atom is 0.250 e. The van der Waals surface area contributed by atoms with E-state index >= 15 is 0 Å². The molecule has 0 aliphatic rings. The Morgan fingerprint density at radius 2 is 2.12 bits per heavy atom. The summed E-state index contributed by atoms with van der Waals surface area (Å²) >= 11 is 4.20. The first-order valence-corrected chi connectivity index (χ1v) is 9.61. The van der Waals surface area contributed by atoms with Crippen LogP contribution in [0.3, 0.4) is 0 Å². The van der Waals surface area contributed by atoms with Crippen LogP contribution in [0.25, 0.3) is 6.08 Å². The maximum absolute atomic E-state index is 13.6. The SMILES string of the molecule is O=C(/C=C/c1cccs1)Nc1nnc(SCc2ccccc2F)s1. The third-order valence-corrected chi connectivity index (χ3v) is 5.75. The van der Waals surface area contributed by atoms with Crippen molar-refractivity contribution in [3.8, 4) is 0 Å². The average Bonchev–Trinajstić information content (AvgIpc) is 3.24. The molecule has 0 saturated carbocycles. The third kappa shape index (κ3) is 4.73. The fourth-order valence-corrected chi connectivity index (χ4v) is 4.12. The minimum atomic E-state index is -0.259. The Bertz CT molecular complexity index is 846. The lowest BCUT2D eigenvalue weighted by molar-refractivity contribution is -0.111. The summed E-state index contributed by atoms with van der Waals surface area (Å²) < 4.78 is 14.2. The largest absolute Gasteiger partial charge is 0.297 e. The van der Waals surface area contributed by atoms with E-state index in [0.29, 0.717) is 20.8 Å². The van der Waals surface area contributed by atoms with E-state index in [0.717, 1.165) is 4.88 Å². The fraction of sp³-hybridized carbons (Fsp3) is 0.0625. The number of aromatic nitrogens is 2. The van der Waals surface area contributed by atoms with Gasteiger partial charge >= 0.3 is 0 Å². The van der Waals surface area contributed by atoms with Crippen LogP contribution in [0.2, 0.25) is 0 Å². The predicted molar refractivity (Wildman–Crippen MR) is 97.9 cm³/mol. The van der Waals surface area contributed by atoms with Gasteiger partial charge in [-0.2, -0.15) is 0 Å². The van der Waals surface area contributed by atoms with E-state index in [1.807, 2.05) is 17.5 Å². The van der Waals surface area contributed by atoms with Crippen molar-refractivity contribution in [3.63, 3.8) is 0 Å². The summed E-state index contributed by atoms with van der Waals surface area (Å²) in [6.07, 6.45) is 3.20. The van der Waals surface area contributed by atoms with Crippen molar-refractivity contribution in [1.82, 2.24) is 10.2 Å². The molecule has 1 N–H and O–H groups in total. The van der Waals surface area contributed by atoms with Crippen molar-refractivity contribution >= 4 is 51.6 Å². The molecule has 24 heavy (non-hydrogen) atoms. The van der Waals surface area contributed by atoms with Gasteiger partial charge in [-0.1, -0.05) is 47.4 Å². The molecule has 2 aromatic heterocycles. The quantitative estimate of drug-likeness (QED) is 0.385. The number of carbonyl (C=O) groups excluding carboxylic acids is 1. The smallest absolute Gasteiger partial charge is 0.250 e. The zero-order chi connectivity index (χ0) is 16.8. The number of benzene rings is 1. The van der Waals surface area contributed by atoms with Crippen molar-refractivity contribution in [2.45, 2.75) is 10.1 Å². The molecule has 0 bridgehead atoms. The van der Waals surface area contributed by atoms with Gasteiger partial charge in [-0.3, -0.25) is 10.1 Å². The number of carbonyl (C=O) groups is 1.